The van der Waals surface area contributed by atoms with E-state index in [1.165, 1.54) is 4.90 Å². The number of alkyl carbamates (subject to hydrolysis) is 1. The molecule has 1 amide bonds. The van der Waals surface area contributed by atoms with Crippen LogP contribution in [0.1, 0.15) is 32.8 Å². The van der Waals surface area contributed by atoms with Crippen LogP contribution in [0.25, 0.3) is 0 Å². The van der Waals surface area contributed by atoms with Gasteiger partial charge in [-0.05, 0) is 45.2 Å². The Hall–Kier alpha value is -1.60. The topological polar surface area (TPSA) is 38.3 Å². The van der Waals surface area contributed by atoms with Gasteiger partial charge in [0.2, 0.25) is 0 Å². The van der Waals surface area contributed by atoms with Gasteiger partial charge in [0.15, 0.2) is 0 Å². The zero-order valence-corrected chi connectivity index (χ0v) is 13.3. The number of rotatable bonds is 3. The van der Waals surface area contributed by atoms with Crippen LogP contribution in [-0.4, -0.2) is 24.5 Å². The van der Waals surface area contributed by atoms with E-state index in [0.29, 0.717) is 13.0 Å². The van der Waals surface area contributed by atoms with Crippen molar-refractivity contribution in [3.63, 3.8) is 0 Å². The molecule has 108 valence electrons. The van der Waals surface area contributed by atoms with Gasteiger partial charge in [0.05, 0.1) is 0 Å². The van der Waals surface area contributed by atoms with Crippen molar-refractivity contribution in [2.24, 2.45) is 0 Å². The third-order valence-corrected chi connectivity index (χ3v) is 2.95. The summed E-state index contributed by atoms with van der Waals surface area (Å²) in [4.78, 5) is 12.6. The third kappa shape index (κ3) is 7.10. The van der Waals surface area contributed by atoms with E-state index < -0.39 is 11.7 Å². The predicted molar refractivity (Wildman–Crippen MR) is 84.0 cm³/mol. The van der Waals surface area contributed by atoms with Crippen molar-refractivity contribution in [2.45, 2.75) is 37.7 Å². The Bertz CT molecular complexity index is 509. The van der Waals surface area contributed by atoms with Gasteiger partial charge >= 0.3 is 6.09 Å². The van der Waals surface area contributed by atoms with Gasteiger partial charge in [-0.1, -0.05) is 17.9 Å². The fraction of sp³-hybridized carbons (Fsp3) is 0.438. The Balaban J connectivity index is 2.34. The number of hydrogen-bond acceptors (Lipinski definition) is 3. The van der Waals surface area contributed by atoms with Crippen LogP contribution in [0.4, 0.5) is 4.79 Å². The molecule has 4 heteroatoms. The standard InChI is InChI=1S/C16H21NO2S/c1-16(2,3)19-15(18)17-11-6-5-8-13-9-7-10-14(12-13)20-4/h7,9-10,12H,6,11H2,1-4H3,(H,17,18). The highest BCUT2D eigenvalue weighted by Gasteiger charge is 2.15. The first-order valence-corrected chi connectivity index (χ1v) is 7.73. The van der Waals surface area contributed by atoms with Gasteiger partial charge in [0.1, 0.15) is 5.60 Å². The molecule has 0 fully saturated rings. The Kier molecular flexibility index (Phi) is 6.47. The number of carbonyl (C=O) groups is 1. The number of benzene rings is 1. The number of carbonyl (C=O) groups excluding carboxylic acids is 1. The van der Waals surface area contributed by atoms with E-state index >= 15 is 0 Å². The lowest BCUT2D eigenvalue weighted by molar-refractivity contribution is 0.0529. The summed E-state index contributed by atoms with van der Waals surface area (Å²) in [6.07, 6.45) is 2.24. The lowest BCUT2D eigenvalue weighted by atomic mass is 10.2. The Morgan fingerprint density at radius 3 is 2.80 bits per heavy atom. The SMILES string of the molecule is CSc1cccc(C#CCCNC(=O)OC(C)(C)C)c1. The Morgan fingerprint density at radius 2 is 2.15 bits per heavy atom. The van der Waals surface area contributed by atoms with Crippen molar-refractivity contribution >= 4 is 17.9 Å². The highest BCUT2D eigenvalue weighted by atomic mass is 32.2. The zero-order chi connectivity index (χ0) is 15.0. The maximum absolute atomic E-state index is 11.4. The molecule has 0 saturated carbocycles. The molecule has 0 atom stereocenters. The molecule has 0 radical (unpaired) electrons. The van der Waals surface area contributed by atoms with Crippen molar-refractivity contribution in [3.05, 3.63) is 29.8 Å². The Morgan fingerprint density at radius 1 is 1.40 bits per heavy atom. The molecule has 0 saturated heterocycles. The number of nitrogens with one attached hydrogen (secondary N) is 1. The van der Waals surface area contributed by atoms with Crippen molar-refractivity contribution < 1.29 is 9.53 Å². The highest BCUT2D eigenvalue weighted by Crippen LogP contribution is 2.15. The molecule has 0 unspecified atom stereocenters. The Labute approximate surface area is 125 Å². The van der Waals surface area contributed by atoms with Crippen LogP contribution in [-0.2, 0) is 4.74 Å². The number of hydrogen-bond donors (Lipinski definition) is 1. The molecule has 1 N–H and O–H groups in total. The minimum Gasteiger partial charge on any atom is -0.444 e. The van der Waals surface area contributed by atoms with E-state index in [2.05, 4.69) is 29.3 Å². The van der Waals surface area contributed by atoms with E-state index in [0.717, 1.165) is 5.56 Å². The first kappa shape index (κ1) is 16.5. The summed E-state index contributed by atoms with van der Waals surface area (Å²) in [7, 11) is 0. The molecular formula is C16H21NO2S. The summed E-state index contributed by atoms with van der Waals surface area (Å²) in [6.45, 7) is 6.01. The average molecular weight is 291 g/mol. The molecule has 0 bridgehead atoms. The van der Waals surface area contributed by atoms with E-state index in [4.69, 9.17) is 4.74 Å². The van der Waals surface area contributed by atoms with E-state index in [1.54, 1.807) is 11.8 Å². The van der Waals surface area contributed by atoms with Gasteiger partial charge in [-0.15, -0.1) is 11.8 Å². The lowest BCUT2D eigenvalue weighted by Crippen LogP contribution is -2.32. The van der Waals surface area contributed by atoms with Gasteiger partial charge in [-0.2, -0.15) is 0 Å². The van der Waals surface area contributed by atoms with E-state index in [-0.39, 0.29) is 0 Å². The highest BCUT2D eigenvalue weighted by molar-refractivity contribution is 7.98. The van der Waals surface area contributed by atoms with Gasteiger partial charge in [-0.3, -0.25) is 0 Å². The zero-order valence-electron chi connectivity index (χ0n) is 12.4. The molecule has 1 aromatic carbocycles. The summed E-state index contributed by atoms with van der Waals surface area (Å²) in [5.41, 5.74) is 0.530. The fourth-order valence-corrected chi connectivity index (χ4v) is 1.87. The van der Waals surface area contributed by atoms with Gasteiger partial charge in [0, 0.05) is 23.4 Å². The summed E-state index contributed by atoms with van der Waals surface area (Å²) in [6, 6.07) is 8.08. The molecule has 1 rings (SSSR count). The van der Waals surface area contributed by atoms with Gasteiger partial charge in [-0.25, -0.2) is 4.79 Å². The first-order valence-electron chi connectivity index (χ1n) is 6.50. The van der Waals surface area contributed by atoms with Gasteiger partial charge < -0.3 is 10.1 Å². The molecule has 3 nitrogen and oxygen atoms in total. The fourth-order valence-electron chi connectivity index (χ4n) is 1.41. The second-order valence-electron chi connectivity index (χ2n) is 5.21. The minimum absolute atomic E-state index is 0.399. The monoisotopic (exact) mass is 291 g/mol. The van der Waals surface area contributed by atoms with Crippen LogP contribution in [0.15, 0.2) is 29.2 Å². The van der Waals surface area contributed by atoms with E-state index in [1.807, 2.05) is 39.2 Å². The maximum Gasteiger partial charge on any atom is 0.407 e. The molecule has 0 heterocycles. The van der Waals surface area contributed by atoms with Crippen LogP contribution in [0.5, 0.6) is 0 Å². The maximum atomic E-state index is 11.4. The molecule has 20 heavy (non-hydrogen) atoms. The molecule has 0 aliphatic carbocycles. The molecule has 0 aliphatic rings. The quantitative estimate of drug-likeness (QED) is 0.524. The summed E-state index contributed by atoms with van der Waals surface area (Å²) in [5.74, 6) is 6.13. The van der Waals surface area contributed by atoms with Crippen LogP contribution in [0.3, 0.4) is 0 Å². The normalized spacial score (nSPS) is 10.4. The largest absolute Gasteiger partial charge is 0.444 e. The number of ether oxygens (including phenoxy) is 1. The van der Waals surface area contributed by atoms with Crippen LogP contribution < -0.4 is 5.32 Å². The predicted octanol–water partition coefficient (Wildman–Crippen LogP) is 3.67. The van der Waals surface area contributed by atoms with Crippen LogP contribution in [0.2, 0.25) is 0 Å². The molecule has 1 aromatic rings. The molecule has 0 aliphatic heterocycles. The van der Waals surface area contributed by atoms with Crippen molar-refractivity contribution in [1.29, 1.82) is 0 Å². The van der Waals surface area contributed by atoms with Crippen LogP contribution >= 0.6 is 11.8 Å². The van der Waals surface area contributed by atoms with Crippen molar-refractivity contribution in [2.75, 3.05) is 12.8 Å². The van der Waals surface area contributed by atoms with Crippen molar-refractivity contribution in [1.82, 2.24) is 5.32 Å². The number of amides is 1. The van der Waals surface area contributed by atoms with Crippen molar-refractivity contribution in [3.8, 4) is 11.8 Å². The summed E-state index contributed by atoms with van der Waals surface area (Å²) < 4.78 is 5.13. The first-order chi connectivity index (χ1) is 9.40. The third-order valence-electron chi connectivity index (χ3n) is 2.22. The molecule has 0 aromatic heterocycles. The van der Waals surface area contributed by atoms with E-state index in [9.17, 15) is 4.79 Å². The lowest BCUT2D eigenvalue weighted by Gasteiger charge is -2.19. The van der Waals surface area contributed by atoms with Crippen LogP contribution in [0, 0.1) is 11.8 Å². The average Bonchev–Trinajstić information content (AvgIpc) is 2.36. The van der Waals surface area contributed by atoms with Gasteiger partial charge in [0.25, 0.3) is 0 Å². The molecule has 0 spiro atoms. The smallest absolute Gasteiger partial charge is 0.407 e. The molecular weight excluding hydrogens is 270 g/mol. The summed E-state index contributed by atoms with van der Waals surface area (Å²) in [5, 5.41) is 2.68. The summed E-state index contributed by atoms with van der Waals surface area (Å²) >= 11 is 1.69. The second kappa shape index (κ2) is 7.86. The second-order valence-corrected chi connectivity index (χ2v) is 6.09. The number of thioether (sulfide) groups is 1. The minimum atomic E-state index is -0.464.